The van der Waals surface area contributed by atoms with Crippen molar-refractivity contribution in [2.45, 2.75) is 12.8 Å². The van der Waals surface area contributed by atoms with Crippen LogP contribution in [0.3, 0.4) is 0 Å². The molecule has 1 aliphatic rings. The molecule has 2 rings (SSSR count). The third kappa shape index (κ3) is 4.09. The fourth-order valence-corrected chi connectivity index (χ4v) is 3.23. The molecule has 1 saturated heterocycles. The average Bonchev–Trinajstić information content (AvgIpc) is 2.89. The second-order valence-corrected chi connectivity index (χ2v) is 6.18. The van der Waals surface area contributed by atoms with Gasteiger partial charge in [-0.15, -0.1) is 0 Å². The maximum absolute atomic E-state index is 11.8. The highest BCUT2D eigenvalue weighted by atomic mass is 32.2. The summed E-state index contributed by atoms with van der Waals surface area (Å²) < 4.78 is 33.1. The van der Waals surface area contributed by atoms with Crippen molar-refractivity contribution in [1.82, 2.24) is 9.03 Å². The van der Waals surface area contributed by atoms with Crippen LogP contribution in [0.1, 0.15) is 12.8 Å². The Kier molecular flexibility index (Phi) is 4.62. The molecular weight excluding hydrogens is 266 g/mol. The molecule has 1 aromatic rings. The van der Waals surface area contributed by atoms with Gasteiger partial charge in [0.05, 0.1) is 0 Å². The molecule has 0 bridgehead atoms. The Hall–Kier alpha value is -1.31. The van der Waals surface area contributed by atoms with Crippen molar-refractivity contribution in [3.05, 3.63) is 24.3 Å². The predicted octanol–water partition coefficient (Wildman–Crippen LogP) is 0.578. The van der Waals surface area contributed by atoms with E-state index in [-0.39, 0.29) is 13.2 Å². The molecule has 0 saturated carbocycles. The Balaban J connectivity index is 1.74. The van der Waals surface area contributed by atoms with E-state index in [9.17, 15) is 8.42 Å². The lowest BCUT2D eigenvalue weighted by Crippen LogP contribution is -2.40. The molecule has 0 radical (unpaired) electrons. The van der Waals surface area contributed by atoms with Gasteiger partial charge in [0.2, 0.25) is 0 Å². The summed E-state index contributed by atoms with van der Waals surface area (Å²) in [4.78, 5) is 0. The fourth-order valence-electron chi connectivity index (χ4n) is 1.96. The monoisotopic (exact) mass is 285 g/mol. The Bertz CT molecular complexity index is 513. The molecular formula is C12H19N3O3S. The average molecular weight is 285 g/mol. The fraction of sp³-hybridized carbons (Fsp3) is 0.500. The van der Waals surface area contributed by atoms with Crippen molar-refractivity contribution in [2.24, 2.45) is 0 Å². The minimum Gasteiger partial charge on any atom is -0.492 e. The van der Waals surface area contributed by atoms with Crippen LogP contribution in [0.4, 0.5) is 5.69 Å². The van der Waals surface area contributed by atoms with Gasteiger partial charge in [-0.3, -0.25) is 0 Å². The van der Waals surface area contributed by atoms with Crippen molar-refractivity contribution >= 4 is 15.9 Å². The molecule has 106 valence electrons. The molecule has 1 fully saturated rings. The van der Waals surface area contributed by atoms with E-state index >= 15 is 0 Å². The molecule has 19 heavy (non-hydrogen) atoms. The molecule has 0 unspecified atom stereocenters. The molecule has 1 aromatic carbocycles. The minimum absolute atomic E-state index is 0.244. The lowest BCUT2D eigenvalue weighted by atomic mass is 10.3. The number of nitrogens with two attached hydrogens (primary N) is 1. The molecule has 0 spiro atoms. The molecule has 1 heterocycles. The van der Waals surface area contributed by atoms with E-state index in [1.807, 2.05) is 0 Å². The van der Waals surface area contributed by atoms with E-state index in [1.165, 1.54) is 4.31 Å². The van der Waals surface area contributed by atoms with E-state index in [2.05, 4.69) is 4.72 Å². The molecule has 0 aliphatic carbocycles. The molecule has 3 N–H and O–H groups in total. The smallest absolute Gasteiger partial charge is 0.279 e. The standard InChI is InChI=1S/C12H19N3O3S/c13-11-4-3-5-12(10-11)18-9-6-14-19(16,17)15-7-1-2-8-15/h3-5,10,14H,1-2,6-9,13H2. The highest BCUT2D eigenvalue weighted by Crippen LogP contribution is 2.14. The maximum atomic E-state index is 11.8. The highest BCUT2D eigenvalue weighted by Gasteiger charge is 2.24. The lowest BCUT2D eigenvalue weighted by Gasteiger charge is -2.16. The van der Waals surface area contributed by atoms with Gasteiger partial charge < -0.3 is 10.5 Å². The van der Waals surface area contributed by atoms with Gasteiger partial charge in [0.15, 0.2) is 0 Å². The Labute approximate surface area is 113 Å². The van der Waals surface area contributed by atoms with Crippen molar-refractivity contribution in [2.75, 3.05) is 32.0 Å². The zero-order valence-electron chi connectivity index (χ0n) is 10.7. The maximum Gasteiger partial charge on any atom is 0.279 e. The van der Waals surface area contributed by atoms with Gasteiger partial charge in [-0.1, -0.05) is 6.07 Å². The highest BCUT2D eigenvalue weighted by molar-refractivity contribution is 7.87. The summed E-state index contributed by atoms with van der Waals surface area (Å²) in [7, 11) is -3.34. The molecule has 7 heteroatoms. The summed E-state index contributed by atoms with van der Waals surface area (Å²) in [5.41, 5.74) is 6.24. The number of anilines is 1. The van der Waals surface area contributed by atoms with Crippen LogP contribution in [0.25, 0.3) is 0 Å². The van der Waals surface area contributed by atoms with Crippen LogP contribution in [0.5, 0.6) is 5.75 Å². The Morgan fingerprint density at radius 2 is 2.05 bits per heavy atom. The normalized spacial score (nSPS) is 16.6. The largest absolute Gasteiger partial charge is 0.492 e. The van der Waals surface area contributed by atoms with Crippen LogP contribution in [-0.4, -0.2) is 39.0 Å². The number of hydrogen-bond acceptors (Lipinski definition) is 4. The molecule has 1 aliphatic heterocycles. The van der Waals surface area contributed by atoms with E-state index in [0.29, 0.717) is 24.5 Å². The van der Waals surface area contributed by atoms with Crippen LogP contribution in [-0.2, 0) is 10.2 Å². The summed E-state index contributed by atoms with van der Waals surface area (Å²) in [5, 5.41) is 0. The van der Waals surface area contributed by atoms with E-state index in [0.717, 1.165) is 12.8 Å². The van der Waals surface area contributed by atoms with Gasteiger partial charge in [0, 0.05) is 31.4 Å². The van der Waals surface area contributed by atoms with E-state index in [1.54, 1.807) is 24.3 Å². The number of nitrogen functional groups attached to an aromatic ring is 1. The quantitative estimate of drug-likeness (QED) is 0.591. The third-order valence-corrected chi connectivity index (χ3v) is 4.53. The van der Waals surface area contributed by atoms with Gasteiger partial charge in [0.25, 0.3) is 10.2 Å². The van der Waals surface area contributed by atoms with Gasteiger partial charge in [-0.05, 0) is 25.0 Å². The SMILES string of the molecule is Nc1cccc(OCCNS(=O)(=O)N2CCCC2)c1. The molecule has 0 atom stereocenters. The molecule has 0 amide bonds. The van der Waals surface area contributed by atoms with E-state index in [4.69, 9.17) is 10.5 Å². The second kappa shape index (κ2) is 6.23. The number of hydrogen-bond donors (Lipinski definition) is 2. The van der Waals surface area contributed by atoms with Crippen molar-refractivity contribution in [3.63, 3.8) is 0 Å². The van der Waals surface area contributed by atoms with Crippen LogP contribution in [0, 0.1) is 0 Å². The summed E-state index contributed by atoms with van der Waals surface area (Å²) in [5.74, 6) is 0.639. The van der Waals surface area contributed by atoms with Gasteiger partial charge in [0.1, 0.15) is 12.4 Å². The van der Waals surface area contributed by atoms with Gasteiger partial charge in [-0.25, -0.2) is 0 Å². The first-order valence-corrected chi connectivity index (χ1v) is 7.75. The summed E-state index contributed by atoms with van der Waals surface area (Å²) >= 11 is 0. The molecule has 6 nitrogen and oxygen atoms in total. The van der Waals surface area contributed by atoms with Gasteiger partial charge in [-0.2, -0.15) is 17.4 Å². The summed E-state index contributed by atoms with van der Waals surface area (Å²) in [6.07, 6.45) is 1.86. The van der Waals surface area contributed by atoms with Crippen LogP contribution < -0.4 is 15.2 Å². The Morgan fingerprint density at radius 3 is 2.74 bits per heavy atom. The van der Waals surface area contributed by atoms with Gasteiger partial charge >= 0.3 is 0 Å². The first-order chi connectivity index (χ1) is 9.08. The van der Waals surface area contributed by atoms with Crippen molar-refractivity contribution in [1.29, 1.82) is 0 Å². The third-order valence-electron chi connectivity index (χ3n) is 2.92. The zero-order chi connectivity index (χ0) is 13.7. The lowest BCUT2D eigenvalue weighted by molar-refractivity contribution is 0.321. The first-order valence-electron chi connectivity index (χ1n) is 6.31. The number of benzene rings is 1. The number of nitrogens with zero attached hydrogens (tertiary/aromatic N) is 1. The predicted molar refractivity (Wildman–Crippen MR) is 74.1 cm³/mol. The van der Waals surface area contributed by atoms with Crippen LogP contribution in [0.15, 0.2) is 24.3 Å². The Morgan fingerprint density at radius 1 is 1.32 bits per heavy atom. The van der Waals surface area contributed by atoms with Crippen molar-refractivity contribution < 1.29 is 13.2 Å². The minimum atomic E-state index is -3.34. The first kappa shape index (κ1) is 14.1. The summed E-state index contributed by atoms with van der Waals surface area (Å²) in [6, 6.07) is 7.04. The number of nitrogens with one attached hydrogen (secondary N) is 1. The van der Waals surface area contributed by atoms with Crippen LogP contribution in [0.2, 0.25) is 0 Å². The zero-order valence-corrected chi connectivity index (χ0v) is 11.5. The molecule has 0 aromatic heterocycles. The summed E-state index contributed by atoms with van der Waals surface area (Å²) in [6.45, 7) is 1.72. The van der Waals surface area contributed by atoms with Crippen molar-refractivity contribution in [3.8, 4) is 5.75 Å². The number of rotatable bonds is 6. The van der Waals surface area contributed by atoms with E-state index < -0.39 is 10.2 Å². The second-order valence-electron chi connectivity index (χ2n) is 4.43. The topological polar surface area (TPSA) is 84.7 Å². The van der Waals surface area contributed by atoms with Crippen LogP contribution >= 0.6 is 0 Å². The number of ether oxygens (including phenoxy) is 1.